The maximum atomic E-state index is 12.1. The minimum Gasteiger partial charge on any atom is -0.481 e. The number of halogens is 2. The van der Waals surface area contributed by atoms with E-state index in [1.807, 2.05) is 0 Å². The summed E-state index contributed by atoms with van der Waals surface area (Å²) in [6, 6.07) is 13.7. The van der Waals surface area contributed by atoms with Crippen LogP contribution in [0, 0.1) is 0 Å². The molecule has 22 heavy (non-hydrogen) atoms. The monoisotopic (exact) mass is 381 g/mol. The molecule has 1 atom stereocenters. The fourth-order valence-electron chi connectivity index (χ4n) is 2.01. The summed E-state index contributed by atoms with van der Waals surface area (Å²) >= 11 is 9.31. The second kappa shape index (κ2) is 7.42. The number of carbonyl (C=O) groups is 2. The Morgan fingerprint density at radius 1 is 1.18 bits per heavy atom. The number of carbonyl (C=O) groups excluding carboxylic acids is 1. The average molecular weight is 383 g/mol. The standard InChI is InChI=1S/C16H13BrClNO3/c17-11-6-7-14(13(18)8-11)19-15(20)9-12(16(21)22)10-4-2-1-3-5-10/h1-8,12H,9H2,(H,19,20)(H,21,22)/t12-/m0/s1. The first-order valence-corrected chi connectivity index (χ1v) is 7.67. The highest BCUT2D eigenvalue weighted by molar-refractivity contribution is 9.10. The van der Waals surface area contributed by atoms with Gasteiger partial charge in [0.25, 0.3) is 0 Å². The highest BCUT2D eigenvalue weighted by Gasteiger charge is 2.23. The molecular formula is C16H13BrClNO3. The Labute approximate surface area is 141 Å². The second-order valence-corrected chi connectivity index (χ2v) is 6.00. The van der Waals surface area contributed by atoms with Crippen LogP contribution in [0.3, 0.4) is 0 Å². The molecule has 1 amide bonds. The molecule has 4 nitrogen and oxygen atoms in total. The van der Waals surface area contributed by atoms with E-state index >= 15 is 0 Å². The lowest BCUT2D eigenvalue weighted by Gasteiger charge is -2.13. The van der Waals surface area contributed by atoms with Gasteiger partial charge >= 0.3 is 5.97 Å². The van der Waals surface area contributed by atoms with Crippen molar-refractivity contribution in [3.8, 4) is 0 Å². The van der Waals surface area contributed by atoms with Crippen LogP contribution in [-0.4, -0.2) is 17.0 Å². The topological polar surface area (TPSA) is 66.4 Å². The van der Waals surface area contributed by atoms with Gasteiger partial charge in [-0.25, -0.2) is 0 Å². The van der Waals surface area contributed by atoms with E-state index in [1.165, 1.54) is 0 Å². The number of carboxylic acid groups (broad SMARTS) is 1. The van der Waals surface area contributed by atoms with Crippen LogP contribution >= 0.6 is 27.5 Å². The van der Waals surface area contributed by atoms with Gasteiger partial charge in [-0.1, -0.05) is 57.9 Å². The van der Waals surface area contributed by atoms with Gasteiger partial charge in [0.2, 0.25) is 5.91 Å². The van der Waals surface area contributed by atoms with Crippen molar-refractivity contribution in [2.24, 2.45) is 0 Å². The van der Waals surface area contributed by atoms with E-state index in [0.29, 0.717) is 16.3 Å². The summed E-state index contributed by atoms with van der Waals surface area (Å²) in [4.78, 5) is 23.5. The summed E-state index contributed by atoms with van der Waals surface area (Å²) in [5.74, 6) is -2.33. The Balaban J connectivity index is 2.10. The third kappa shape index (κ3) is 4.32. The molecule has 0 aliphatic rings. The van der Waals surface area contributed by atoms with Crippen LogP contribution in [-0.2, 0) is 9.59 Å². The Hall–Kier alpha value is -1.85. The highest BCUT2D eigenvalue weighted by atomic mass is 79.9. The van der Waals surface area contributed by atoms with E-state index in [4.69, 9.17) is 11.6 Å². The van der Waals surface area contributed by atoms with E-state index in [9.17, 15) is 14.7 Å². The molecule has 0 fully saturated rings. The van der Waals surface area contributed by atoms with Crippen molar-refractivity contribution >= 4 is 45.1 Å². The molecule has 0 aliphatic heterocycles. The van der Waals surface area contributed by atoms with Crippen LogP contribution in [0.2, 0.25) is 5.02 Å². The van der Waals surface area contributed by atoms with E-state index in [1.54, 1.807) is 48.5 Å². The summed E-state index contributed by atoms with van der Waals surface area (Å²) < 4.78 is 0.795. The molecule has 0 unspecified atom stereocenters. The molecule has 2 rings (SSSR count). The van der Waals surface area contributed by atoms with Crippen molar-refractivity contribution in [2.75, 3.05) is 5.32 Å². The first kappa shape index (κ1) is 16.5. The molecule has 0 spiro atoms. The molecule has 2 aromatic carbocycles. The molecule has 0 aliphatic carbocycles. The van der Waals surface area contributed by atoms with Gasteiger partial charge in [0.15, 0.2) is 0 Å². The Morgan fingerprint density at radius 3 is 2.45 bits per heavy atom. The van der Waals surface area contributed by atoms with E-state index in [0.717, 1.165) is 4.47 Å². The largest absolute Gasteiger partial charge is 0.481 e. The third-order valence-electron chi connectivity index (χ3n) is 3.09. The summed E-state index contributed by atoms with van der Waals surface area (Å²) in [5, 5.41) is 12.3. The molecule has 2 N–H and O–H groups in total. The molecule has 0 saturated carbocycles. The quantitative estimate of drug-likeness (QED) is 0.810. The van der Waals surface area contributed by atoms with Crippen molar-refractivity contribution < 1.29 is 14.7 Å². The van der Waals surface area contributed by atoms with Crippen LogP contribution in [0.15, 0.2) is 53.0 Å². The predicted octanol–water partition coefficient (Wildman–Crippen LogP) is 4.30. The number of amides is 1. The van der Waals surface area contributed by atoms with Crippen LogP contribution < -0.4 is 5.32 Å². The van der Waals surface area contributed by atoms with Gasteiger partial charge in [-0.15, -0.1) is 0 Å². The molecule has 2 aromatic rings. The van der Waals surface area contributed by atoms with E-state index < -0.39 is 17.8 Å². The Bertz CT molecular complexity index is 691. The molecule has 0 aromatic heterocycles. The molecule has 6 heteroatoms. The van der Waals surface area contributed by atoms with Gasteiger partial charge < -0.3 is 10.4 Å². The molecule has 0 saturated heterocycles. The fraction of sp³-hybridized carbons (Fsp3) is 0.125. The normalized spacial score (nSPS) is 11.7. The minimum atomic E-state index is -1.04. The number of nitrogens with one attached hydrogen (secondary N) is 1. The van der Waals surface area contributed by atoms with Crippen LogP contribution in [0.25, 0.3) is 0 Å². The van der Waals surface area contributed by atoms with Gasteiger partial charge in [0.1, 0.15) is 0 Å². The maximum absolute atomic E-state index is 12.1. The molecule has 0 radical (unpaired) electrons. The smallest absolute Gasteiger partial charge is 0.311 e. The number of hydrogen-bond donors (Lipinski definition) is 2. The first-order chi connectivity index (χ1) is 10.5. The molecular weight excluding hydrogens is 370 g/mol. The summed E-state index contributed by atoms with van der Waals surface area (Å²) in [7, 11) is 0. The summed E-state index contributed by atoms with van der Waals surface area (Å²) in [5.41, 5.74) is 1.04. The van der Waals surface area contributed by atoms with Crippen molar-refractivity contribution in [3.05, 3.63) is 63.6 Å². The van der Waals surface area contributed by atoms with Crippen LogP contribution in [0.4, 0.5) is 5.69 Å². The number of rotatable bonds is 5. The second-order valence-electron chi connectivity index (χ2n) is 4.68. The fourth-order valence-corrected chi connectivity index (χ4v) is 2.73. The van der Waals surface area contributed by atoms with Crippen LogP contribution in [0.5, 0.6) is 0 Å². The zero-order chi connectivity index (χ0) is 16.1. The highest BCUT2D eigenvalue weighted by Crippen LogP contribution is 2.27. The molecule has 0 heterocycles. The molecule has 0 bridgehead atoms. The van der Waals surface area contributed by atoms with Crippen molar-refractivity contribution in [1.82, 2.24) is 0 Å². The number of hydrogen-bond acceptors (Lipinski definition) is 2. The first-order valence-electron chi connectivity index (χ1n) is 6.50. The lowest BCUT2D eigenvalue weighted by molar-refractivity contribution is -0.140. The number of aliphatic carboxylic acids is 1. The van der Waals surface area contributed by atoms with Gasteiger partial charge in [0.05, 0.1) is 16.6 Å². The minimum absolute atomic E-state index is 0.161. The van der Waals surface area contributed by atoms with Gasteiger partial charge in [-0.2, -0.15) is 0 Å². The average Bonchev–Trinajstić information content (AvgIpc) is 2.48. The van der Waals surface area contributed by atoms with Gasteiger partial charge in [0, 0.05) is 10.9 Å². The number of benzene rings is 2. The number of anilines is 1. The molecule has 114 valence electrons. The number of carboxylic acids is 1. The Morgan fingerprint density at radius 2 is 1.86 bits per heavy atom. The zero-order valence-corrected chi connectivity index (χ0v) is 13.8. The summed E-state index contributed by atoms with van der Waals surface area (Å²) in [6.07, 6.45) is -0.161. The van der Waals surface area contributed by atoms with Crippen LogP contribution in [0.1, 0.15) is 17.9 Å². The zero-order valence-electron chi connectivity index (χ0n) is 11.4. The van der Waals surface area contributed by atoms with Crippen molar-refractivity contribution in [1.29, 1.82) is 0 Å². The lowest BCUT2D eigenvalue weighted by Crippen LogP contribution is -2.21. The van der Waals surface area contributed by atoms with Crippen molar-refractivity contribution in [3.63, 3.8) is 0 Å². The summed E-state index contributed by atoms with van der Waals surface area (Å²) in [6.45, 7) is 0. The predicted molar refractivity (Wildman–Crippen MR) is 89.2 cm³/mol. The van der Waals surface area contributed by atoms with Gasteiger partial charge in [-0.3, -0.25) is 9.59 Å². The van der Waals surface area contributed by atoms with Crippen molar-refractivity contribution in [2.45, 2.75) is 12.3 Å². The third-order valence-corrected chi connectivity index (χ3v) is 3.90. The van der Waals surface area contributed by atoms with Gasteiger partial charge in [-0.05, 0) is 23.8 Å². The lowest BCUT2D eigenvalue weighted by atomic mass is 9.95. The Kier molecular flexibility index (Phi) is 5.57. The van der Waals surface area contributed by atoms with E-state index in [2.05, 4.69) is 21.2 Å². The van der Waals surface area contributed by atoms with E-state index in [-0.39, 0.29) is 6.42 Å². The SMILES string of the molecule is O=C(C[C@H](C(=O)O)c1ccccc1)Nc1ccc(Br)cc1Cl. The maximum Gasteiger partial charge on any atom is 0.311 e.